The highest BCUT2D eigenvalue weighted by Gasteiger charge is 2.46. The van der Waals surface area contributed by atoms with Crippen molar-refractivity contribution in [3.8, 4) is 5.82 Å². The molecule has 0 bridgehead atoms. The summed E-state index contributed by atoms with van der Waals surface area (Å²) in [6.45, 7) is 6.85. The first-order valence-corrected chi connectivity index (χ1v) is 12.3. The number of pyridine rings is 1. The molecule has 10 heteroatoms. The molecule has 9 nitrogen and oxygen atoms in total. The minimum absolute atomic E-state index is 0.0566. The van der Waals surface area contributed by atoms with Gasteiger partial charge < -0.3 is 10.6 Å². The van der Waals surface area contributed by atoms with Crippen LogP contribution in [0.1, 0.15) is 35.7 Å². The van der Waals surface area contributed by atoms with Crippen LogP contribution in [0.3, 0.4) is 0 Å². The van der Waals surface area contributed by atoms with E-state index in [4.69, 9.17) is 15.7 Å². The minimum Gasteiger partial charge on any atom is -0.355 e. The van der Waals surface area contributed by atoms with E-state index in [2.05, 4.69) is 37.8 Å². The Hall–Kier alpha value is -3.24. The van der Waals surface area contributed by atoms with Crippen molar-refractivity contribution in [1.29, 1.82) is 0 Å². The van der Waals surface area contributed by atoms with E-state index in [-0.39, 0.29) is 11.5 Å². The van der Waals surface area contributed by atoms with Crippen LogP contribution in [0.2, 0.25) is 0 Å². The smallest absolute Gasteiger partial charge is 0.157 e. The van der Waals surface area contributed by atoms with Crippen LogP contribution in [-0.4, -0.2) is 47.6 Å². The summed E-state index contributed by atoms with van der Waals surface area (Å²) < 4.78 is 3.89. The lowest BCUT2D eigenvalue weighted by Crippen LogP contribution is -2.45. The number of nitrogens with two attached hydrogens (primary N) is 1. The van der Waals surface area contributed by atoms with E-state index in [1.165, 1.54) is 0 Å². The number of fused-ring (bicyclic) bond motifs is 1. The summed E-state index contributed by atoms with van der Waals surface area (Å²) in [6, 6.07) is 4.12. The second-order valence-corrected chi connectivity index (χ2v) is 10.3. The average Bonchev–Trinajstić information content (AvgIpc) is 3.55. The van der Waals surface area contributed by atoms with E-state index in [9.17, 15) is 0 Å². The van der Waals surface area contributed by atoms with Crippen LogP contribution >= 0.6 is 11.8 Å². The standard InChI is InChI=1S/C24H27N9S/c1-16-11-30-32(14-16)23-17(2)19(4-7-26-23)34-21-13-27-20(12-28-21)31-9-5-24(6-10-31)15-33-18(22(24)25)3-8-29-33/h3-4,7-8,11-14,22H,5-6,9-10,15,25H2,1-2H3/t22-/m1/s1. The van der Waals surface area contributed by atoms with E-state index in [1.54, 1.807) is 11.8 Å². The zero-order valence-corrected chi connectivity index (χ0v) is 20.1. The zero-order valence-electron chi connectivity index (χ0n) is 19.3. The molecular weight excluding hydrogens is 446 g/mol. The van der Waals surface area contributed by atoms with Crippen molar-refractivity contribution in [3.63, 3.8) is 0 Å². The third-order valence-electron chi connectivity index (χ3n) is 7.16. The molecule has 0 unspecified atom stereocenters. The van der Waals surface area contributed by atoms with E-state index in [0.717, 1.165) is 70.9 Å². The lowest BCUT2D eigenvalue weighted by molar-refractivity contribution is 0.170. The van der Waals surface area contributed by atoms with E-state index in [1.807, 2.05) is 54.9 Å². The Morgan fingerprint density at radius 2 is 1.85 bits per heavy atom. The molecule has 1 fully saturated rings. The van der Waals surface area contributed by atoms with Crippen molar-refractivity contribution in [2.24, 2.45) is 11.1 Å². The Morgan fingerprint density at radius 3 is 2.56 bits per heavy atom. The third-order valence-corrected chi connectivity index (χ3v) is 8.24. The van der Waals surface area contributed by atoms with Gasteiger partial charge in [-0.25, -0.2) is 19.6 Å². The fourth-order valence-electron chi connectivity index (χ4n) is 5.12. The van der Waals surface area contributed by atoms with E-state index < -0.39 is 0 Å². The zero-order chi connectivity index (χ0) is 23.3. The van der Waals surface area contributed by atoms with Crippen LogP contribution in [0.15, 0.2) is 59.2 Å². The van der Waals surface area contributed by atoms with Gasteiger partial charge in [0.25, 0.3) is 0 Å². The average molecular weight is 474 g/mol. The monoisotopic (exact) mass is 473 g/mol. The Bertz CT molecular complexity index is 1320. The van der Waals surface area contributed by atoms with Crippen molar-refractivity contribution in [3.05, 3.63) is 66.1 Å². The molecule has 1 spiro atoms. The molecule has 0 aromatic carbocycles. The molecule has 0 aliphatic carbocycles. The van der Waals surface area contributed by atoms with Gasteiger partial charge in [-0.05, 0) is 44.4 Å². The Balaban J connectivity index is 1.13. The normalized spacial score (nSPS) is 19.0. The maximum absolute atomic E-state index is 6.62. The van der Waals surface area contributed by atoms with Gasteiger partial charge in [0.1, 0.15) is 10.8 Å². The molecule has 0 radical (unpaired) electrons. The second kappa shape index (κ2) is 8.21. The maximum Gasteiger partial charge on any atom is 0.157 e. The molecule has 174 valence electrons. The molecule has 6 rings (SSSR count). The number of rotatable bonds is 4. The summed E-state index contributed by atoms with van der Waals surface area (Å²) in [7, 11) is 0. The fourth-order valence-corrected chi connectivity index (χ4v) is 5.93. The summed E-state index contributed by atoms with van der Waals surface area (Å²) in [5.74, 6) is 1.75. The first-order valence-electron chi connectivity index (χ1n) is 11.5. The molecule has 4 aromatic heterocycles. The highest BCUT2D eigenvalue weighted by atomic mass is 32.2. The van der Waals surface area contributed by atoms with Gasteiger partial charge in [-0.2, -0.15) is 10.2 Å². The maximum atomic E-state index is 6.62. The molecule has 6 heterocycles. The van der Waals surface area contributed by atoms with Gasteiger partial charge in [-0.1, -0.05) is 11.8 Å². The number of piperidine rings is 1. The number of aryl methyl sites for hydroxylation is 1. The Labute approximate surface area is 202 Å². The molecule has 0 saturated carbocycles. The lowest BCUT2D eigenvalue weighted by Gasteiger charge is -2.41. The Morgan fingerprint density at radius 1 is 1.00 bits per heavy atom. The molecular formula is C24H27N9S. The molecule has 2 aliphatic heterocycles. The first-order chi connectivity index (χ1) is 16.5. The highest BCUT2D eigenvalue weighted by Crippen LogP contribution is 2.47. The Kier molecular flexibility index (Phi) is 5.14. The second-order valence-electron chi connectivity index (χ2n) is 9.28. The molecule has 2 N–H and O–H groups in total. The van der Waals surface area contributed by atoms with Crippen LogP contribution < -0.4 is 10.6 Å². The summed E-state index contributed by atoms with van der Waals surface area (Å²) >= 11 is 1.60. The van der Waals surface area contributed by atoms with Crippen molar-refractivity contribution in [2.45, 2.75) is 49.2 Å². The summed E-state index contributed by atoms with van der Waals surface area (Å²) in [6.07, 6.45) is 13.3. The molecule has 1 saturated heterocycles. The van der Waals surface area contributed by atoms with Gasteiger partial charge in [0.2, 0.25) is 0 Å². The highest BCUT2D eigenvalue weighted by molar-refractivity contribution is 7.99. The molecule has 1 atom stereocenters. The predicted molar refractivity (Wildman–Crippen MR) is 130 cm³/mol. The third kappa shape index (κ3) is 3.57. The van der Waals surface area contributed by atoms with Crippen molar-refractivity contribution in [2.75, 3.05) is 18.0 Å². The number of aromatic nitrogens is 7. The van der Waals surface area contributed by atoms with Crippen LogP contribution in [0.5, 0.6) is 0 Å². The van der Waals surface area contributed by atoms with E-state index >= 15 is 0 Å². The largest absolute Gasteiger partial charge is 0.355 e. The summed E-state index contributed by atoms with van der Waals surface area (Å²) in [5, 5.41) is 9.69. The topological polar surface area (TPSA) is 104 Å². The van der Waals surface area contributed by atoms with Crippen LogP contribution in [0, 0.1) is 19.3 Å². The number of nitrogens with zero attached hydrogens (tertiary/aromatic N) is 8. The van der Waals surface area contributed by atoms with Crippen molar-refractivity contribution < 1.29 is 0 Å². The van der Waals surface area contributed by atoms with Gasteiger partial charge >= 0.3 is 0 Å². The number of hydrogen-bond donors (Lipinski definition) is 1. The fraction of sp³-hybridized carbons (Fsp3) is 0.375. The van der Waals surface area contributed by atoms with Gasteiger partial charge in [0.05, 0.1) is 30.3 Å². The molecule has 4 aromatic rings. The summed E-state index contributed by atoms with van der Waals surface area (Å²) in [4.78, 5) is 17.4. The molecule has 2 aliphatic rings. The van der Waals surface area contributed by atoms with Gasteiger partial charge in [-0.15, -0.1) is 0 Å². The van der Waals surface area contributed by atoms with Crippen LogP contribution in [0.25, 0.3) is 5.82 Å². The SMILES string of the molecule is Cc1cnn(-c2nccc(Sc3cnc(N4CCC5(CC4)Cn4nccc4[C@H]5N)cn3)c2C)c1. The molecule has 0 amide bonds. The van der Waals surface area contributed by atoms with Crippen LogP contribution in [0.4, 0.5) is 5.82 Å². The predicted octanol–water partition coefficient (Wildman–Crippen LogP) is 3.32. The van der Waals surface area contributed by atoms with Crippen molar-refractivity contribution >= 4 is 17.6 Å². The van der Waals surface area contributed by atoms with Gasteiger partial charge in [0.15, 0.2) is 5.82 Å². The number of anilines is 1. The van der Waals surface area contributed by atoms with Crippen LogP contribution in [-0.2, 0) is 6.54 Å². The van der Waals surface area contributed by atoms with Gasteiger partial charge in [0, 0.05) is 54.1 Å². The first kappa shape index (κ1) is 21.3. The van der Waals surface area contributed by atoms with E-state index in [0.29, 0.717) is 0 Å². The quantitative estimate of drug-likeness (QED) is 0.481. The lowest BCUT2D eigenvalue weighted by atomic mass is 9.73. The number of hydrogen-bond acceptors (Lipinski definition) is 8. The minimum atomic E-state index is 0.0566. The molecule has 34 heavy (non-hydrogen) atoms. The summed E-state index contributed by atoms with van der Waals surface area (Å²) in [5.41, 5.74) is 10.0. The van der Waals surface area contributed by atoms with Gasteiger partial charge in [-0.3, -0.25) is 4.68 Å². The van der Waals surface area contributed by atoms with Crippen molar-refractivity contribution in [1.82, 2.24) is 34.5 Å².